The number of nitrogens with zero attached hydrogens (tertiary/aromatic N) is 3. The first-order valence-electron chi connectivity index (χ1n) is 9.18. The highest BCUT2D eigenvalue weighted by Crippen LogP contribution is 2.21. The van der Waals surface area contributed by atoms with Crippen molar-refractivity contribution in [3.8, 4) is 17.3 Å². The minimum absolute atomic E-state index is 0.00361. The van der Waals surface area contributed by atoms with Gasteiger partial charge >= 0.3 is 0 Å². The highest BCUT2D eigenvalue weighted by molar-refractivity contribution is 5.79. The molecule has 7 nitrogen and oxygen atoms in total. The molecule has 1 aromatic heterocycles. The van der Waals surface area contributed by atoms with E-state index in [1.807, 2.05) is 37.3 Å². The van der Waals surface area contributed by atoms with E-state index in [4.69, 9.17) is 5.73 Å². The number of carbonyl (C=O) groups is 2. The molecule has 28 heavy (non-hydrogen) atoms. The van der Waals surface area contributed by atoms with Crippen molar-refractivity contribution in [2.45, 2.75) is 26.3 Å². The number of benzene rings is 1. The molecule has 0 spiro atoms. The maximum absolute atomic E-state index is 12.8. The van der Waals surface area contributed by atoms with Crippen molar-refractivity contribution in [1.29, 1.82) is 5.26 Å². The third-order valence-corrected chi connectivity index (χ3v) is 5.19. The molecule has 144 valence electrons. The summed E-state index contributed by atoms with van der Waals surface area (Å²) in [6.45, 7) is 2.67. The quantitative estimate of drug-likeness (QED) is 0.867. The van der Waals surface area contributed by atoms with Gasteiger partial charge in [-0.1, -0.05) is 29.8 Å². The molecule has 0 radical (unpaired) electrons. The summed E-state index contributed by atoms with van der Waals surface area (Å²) >= 11 is 0. The summed E-state index contributed by atoms with van der Waals surface area (Å²) in [5, 5.41) is 9.20. The van der Waals surface area contributed by atoms with Crippen LogP contribution < -0.4 is 11.3 Å². The number of aryl methyl sites for hydroxylation is 1. The molecule has 0 unspecified atom stereocenters. The van der Waals surface area contributed by atoms with Gasteiger partial charge in [0, 0.05) is 19.0 Å². The van der Waals surface area contributed by atoms with Crippen molar-refractivity contribution < 1.29 is 9.59 Å². The highest BCUT2D eigenvalue weighted by Gasteiger charge is 2.26. The molecular formula is C21H22N4O3. The minimum Gasteiger partial charge on any atom is -0.369 e. The topological polar surface area (TPSA) is 109 Å². The first-order valence-corrected chi connectivity index (χ1v) is 9.18. The predicted octanol–water partition coefficient (Wildman–Crippen LogP) is 1.42. The van der Waals surface area contributed by atoms with Crippen molar-refractivity contribution in [3.05, 3.63) is 57.9 Å². The number of likely N-dealkylation sites (tertiary alicyclic amines) is 1. The summed E-state index contributed by atoms with van der Waals surface area (Å²) < 4.78 is 1.35. The SMILES string of the molecule is Cc1ccc(-c2ccc(C#N)c(=O)n2CC(=O)N2CCC(C(N)=O)CC2)cc1. The molecule has 1 aliphatic rings. The zero-order valence-corrected chi connectivity index (χ0v) is 15.7. The Kier molecular flexibility index (Phi) is 5.59. The average Bonchev–Trinajstić information content (AvgIpc) is 2.70. The molecule has 7 heteroatoms. The van der Waals surface area contributed by atoms with Gasteiger partial charge < -0.3 is 10.6 Å². The Balaban J connectivity index is 1.89. The van der Waals surface area contributed by atoms with E-state index in [1.54, 1.807) is 11.0 Å². The van der Waals surface area contributed by atoms with Crippen LogP contribution in [0.5, 0.6) is 0 Å². The van der Waals surface area contributed by atoms with E-state index in [-0.39, 0.29) is 29.8 Å². The Morgan fingerprint density at radius 1 is 1.14 bits per heavy atom. The fourth-order valence-corrected chi connectivity index (χ4v) is 3.45. The summed E-state index contributed by atoms with van der Waals surface area (Å²) in [6, 6.07) is 12.7. The number of carbonyl (C=O) groups excluding carboxylic acids is 2. The first-order chi connectivity index (χ1) is 13.4. The molecule has 1 fully saturated rings. The maximum atomic E-state index is 12.8. The normalized spacial score (nSPS) is 14.5. The molecule has 3 rings (SSSR count). The fourth-order valence-electron chi connectivity index (χ4n) is 3.45. The number of hydrogen-bond acceptors (Lipinski definition) is 4. The largest absolute Gasteiger partial charge is 0.369 e. The number of piperidine rings is 1. The maximum Gasteiger partial charge on any atom is 0.269 e. The number of rotatable bonds is 4. The zero-order chi connectivity index (χ0) is 20.3. The summed E-state index contributed by atoms with van der Waals surface area (Å²) in [5.41, 5.74) is 7.32. The second kappa shape index (κ2) is 8.09. The third-order valence-electron chi connectivity index (χ3n) is 5.19. The van der Waals surface area contributed by atoms with Crippen molar-refractivity contribution in [1.82, 2.24) is 9.47 Å². The molecule has 2 heterocycles. The van der Waals surface area contributed by atoms with E-state index in [0.29, 0.717) is 31.6 Å². The van der Waals surface area contributed by atoms with Crippen molar-refractivity contribution in [2.24, 2.45) is 11.7 Å². The highest BCUT2D eigenvalue weighted by atomic mass is 16.2. The molecule has 0 aliphatic carbocycles. The van der Waals surface area contributed by atoms with Gasteiger partial charge in [0.1, 0.15) is 18.2 Å². The van der Waals surface area contributed by atoms with Gasteiger partial charge in [-0.15, -0.1) is 0 Å². The van der Waals surface area contributed by atoms with Crippen molar-refractivity contribution in [3.63, 3.8) is 0 Å². The van der Waals surface area contributed by atoms with Crippen LogP contribution in [0.1, 0.15) is 24.0 Å². The van der Waals surface area contributed by atoms with Gasteiger partial charge in [0.25, 0.3) is 5.56 Å². The van der Waals surface area contributed by atoms with Crippen LogP contribution in [0.15, 0.2) is 41.2 Å². The number of nitriles is 1. The van der Waals surface area contributed by atoms with Gasteiger partial charge in [0.05, 0.1) is 5.69 Å². The summed E-state index contributed by atoms with van der Waals surface area (Å²) in [6.07, 6.45) is 1.05. The van der Waals surface area contributed by atoms with E-state index in [9.17, 15) is 19.6 Å². The second-order valence-electron chi connectivity index (χ2n) is 7.06. The lowest BCUT2D eigenvalue weighted by atomic mass is 9.96. The first kappa shape index (κ1) is 19.4. The Morgan fingerprint density at radius 3 is 2.36 bits per heavy atom. The predicted molar refractivity (Wildman–Crippen MR) is 104 cm³/mol. The molecule has 2 N–H and O–H groups in total. The van der Waals surface area contributed by atoms with Gasteiger partial charge in [-0.3, -0.25) is 19.0 Å². The van der Waals surface area contributed by atoms with Crippen LogP contribution in [0.2, 0.25) is 0 Å². The molecule has 2 amide bonds. The van der Waals surface area contributed by atoms with E-state index < -0.39 is 5.56 Å². The van der Waals surface area contributed by atoms with Gasteiger partial charge in [-0.25, -0.2) is 0 Å². The molecule has 1 saturated heterocycles. The van der Waals surface area contributed by atoms with E-state index >= 15 is 0 Å². The monoisotopic (exact) mass is 378 g/mol. The van der Waals surface area contributed by atoms with Crippen LogP contribution in [0.3, 0.4) is 0 Å². The molecular weight excluding hydrogens is 356 g/mol. The van der Waals surface area contributed by atoms with Crippen LogP contribution in [0, 0.1) is 24.2 Å². The summed E-state index contributed by atoms with van der Waals surface area (Å²) in [5.74, 6) is -0.767. The lowest BCUT2D eigenvalue weighted by Gasteiger charge is -2.31. The van der Waals surface area contributed by atoms with Crippen LogP contribution in [-0.4, -0.2) is 34.4 Å². The number of aromatic nitrogens is 1. The number of primary amides is 1. The Hall–Kier alpha value is -3.40. The number of hydrogen-bond donors (Lipinski definition) is 1. The van der Waals surface area contributed by atoms with Crippen LogP contribution in [0.4, 0.5) is 0 Å². The smallest absolute Gasteiger partial charge is 0.269 e. The Bertz CT molecular complexity index is 994. The molecule has 0 bridgehead atoms. The molecule has 0 atom stereocenters. The van der Waals surface area contributed by atoms with Gasteiger partial charge in [-0.05, 0) is 37.5 Å². The van der Waals surface area contributed by atoms with Gasteiger partial charge in [0.2, 0.25) is 11.8 Å². The zero-order valence-electron chi connectivity index (χ0n) is 15.7. The Morgan fingerprint density at radius 2 is 1.79 bits per heavy atom. The standard InChI is InChI=1S/C21H22N4O3/c1-14-2-4-15(5-3-14)18-7-6-17(12-22)21(28)25(18)13-19(26)24-10-8-16(9-11-24)20(23)27/h2-7,16H,8-11,13H2,1H3,(H2,23,27). The van der Waals surface area contributed by atoms with E-state index in [0.717, 1.165) is 11.1 Å². The summed E-state index contributed by atoms with van der Waals surface area (Å²) in [7, 11) is 0. The van der Waals surface area contributed by atoms with Crippen LogP contribution >= 0.6 is 0 Å². The van der Waals surface area contributed by atoms with Crippen LogP contribution in [-0.2, 0) is 16.1 Å². The van der Waals surface area contributed by atoms with Crippen LogP contribution in [0.25, 0.3) is 11.3 Å². The van der Waals surface area contributed by atoms with Crippen molar-refractivity contribution >= 4 is 11.8 Å². The van der Waals surface area contributed by atoms with E-state index in [2.05, 4.69) is 0 Å². The average molecular weight is 378 g/mol. The van der Waals surface area contributed by atoms with E-state index in [1.165, 1.54) is 10.6 Å². The second-order valence-corrected chi connectivity index (χ2v) is 7.06. The lowest BCUT2D eigenvalue weighted by Crippen LogP contribution is -2.44. The molecule has 0 saturated carbocycles. The fraction of sp³-hybridized carbons (Fsp3) is 0.333. The Labute approximate surface area is 163 Å². The lowest BCUT2D eigenvalue weighted by molar-refractivity contribution is -0.135. The number of amides is 2. The molecule has 2 aromatic rings. The third kappa shape index (κ3) is 3.96. The molecule has 1 aliphatic heterocycles. The minimum atomic E-state index is -0.485. The number of pyridine rings is 1. The number of nitrogens with two attached hydrogens (primary N) is 1. The summed E-state index contributed by atoms with van der Waals surface area (Å²) in [4.78, 5) is 38.5. The van der Waals surface area contributed by atoms with Gasteiger partial charge in [-0.2, -0.15) is 5.26 Å². The molecule has 1 aromatic carbocycles. The van der Waals surface area contributed by atoms with Crippen molar-refractivity contribution in [2.75, 3.05) is 13.1 Å². The van der Waals surface area contributed by atoms with Gasteiger partial charge in [0.15, 0.2) is 0 Å².